The number of carbonyl (C=O) groups excluding carboxylic acids is 2. The van der Waals surface area contributed by atoms with E-state index in [9.17, 15) is 19.1 Å². The second kappa shape index (κ2) is 7.35. The molecule has 0 radical (unpaired) electrons. The van der Waals surface area contributed by atoms with Gasteiger partial charge in [-0.1, -0.05) is 12.8 Å². The van der Waals surface area contributed by atoms with Crippen molar-refractivity contribution in [3.8, 4) is 0 Å². The summed E-state index contributed by atoms with van der Waals surface area (Å²) in [6.07, 6.45) is 3.49. The molecule has 0 spiro atoms. The zero-order valence-corrected chi connectivity index (χ0v) is 12.6. The van der Waals surface area contributed by atoms with E-state index in [1.807, 2.05) is 0 Å². The highest BCUT2D eigenvalue weighted by Gasteiger charge is 2.24. The SMILES string of the molecule is Cc1cc(F)ccc1NC(=O)C(=O)NCC(O)C1CCCC1. The fourth-order valence-electron chi connectivity index (χ4n) is 2.73. The summed E-state index contributed by atoms with van der Waals surface area (Å²) in [4.78, 5) is 23.5. The monoisotopic (exact) mass is 308 g/mol. The van der Waals surface area contributed by atoms with Gasteiger partial charge in [0, 0.05) is 12.2 Å². The standard InChI is InChI=1S/C16H21FN2O3/c1-10-8-12(17)6-7-13(10)19-16(22)15(21)18-9-14(20)11-4-2-3-5-11/h6-8,11,14,20H,2-5,9H2,1H3,(H,18,21)(H,19,22). The third-order valence-corrected chi connectivity index (χ3v) is 4.06. The summed E-state index contributed by atoms with van der Waals surface area (Å²) in [5.41, 5.74) is 0.921. The van der Waals surface area contributed by atoms with Crippen molar-refractivity contribution in [1.29, 1.82) is 0 Å². The largest absolute Gasteiger partial charge is 0.391 e. The average Bonchev–Trinajstić information content (AvgIpc) is 3.01. The van der Waals surface area contributed by atoms with Gasteiger partial charge in [0.15, 0.2) is 0 Å². The predicted octanol–water partition coefficient (Wildman–Crippen LogP) is 1.74. The quantitative estimate of drug-likeness (QED) is 0.741. The van der Waals surface area contributed by atoms with Gasteiger partial charge in [0.2, 0.25) is 0 Å². The number of aryl methyl sites for hydroxylation is 1. The lowest BCUT2D eigenvalue weighted by atomic mass is 10.0. The van der Waals surface area contributed by atoms with Gasteiger partial charge in [-0.25, -0.2) is 4.39 Å². The molecule has 1 unspecified atom stereocenters. The molecule has 0 heterocycles. The Morgan fingerprint density at radius 2 is 2.00 bits per heavy atom. The molecule has 22 heavy (non-hydrogen) atoms. The van der Waals surface area contributed by atoms with Crippen LogP contribution in [0, 0.1) is 18.7 Å². The molecule has 0 aromatic heterocycles. The van der Waals surface area contributed by atoms with Crippen LogP contribution in [0.5, 0.6) is 0 Å². The van der Waals surface area contributed by atoms with Crippen LogP contribution in [0.1, 0.15) is 31.2 Å². The second-order valence-electron chi connectivity index (χ2n) is 5.74. The number of aliphatic hydroxyl groups excluding tert-OH is 1. The number of halogens is 1. The second-order valence-corrected chi connectivity index (χ2v) is 5.74. The molecule has 6 heteroatoms. The zero-order valence-electron chi connectivity index (χ0n) is 12.6. The summed E-state index contributed by atoms with van der Waals surface area (Å²) >= 11 is 0. The Balaban J connectivity index is 1.82. The Kier molecular flexibility index (Phi) is 5.49. The van der Waals surface area contributed by atoms with Crippen LogP contribution in [0.2, 0.25) is 0 Å². The van der Waals surface area contributed by atoms with E-state index in [1.54, 1.807) is 6.92 Å². The fraction of sp³-hybridized carbons (Fsp3) is 0.500. The van der Waals surface area contributed by atoms with Crippen LogP contribution >= 0.6 is 0 Å². The van der Waals surface area contributed by atoms with Gasteiger partial charge in [0.1, 0.15) is 5.82 Å². The number of hydrogen-bond acceptors (Lipinski definition) is 3. The van der Waals surface area contributed by atoms with E-state index in [0.29, 0.717) is 11.3 Å². The first-order valence-corrected chi connectivity index (χ1v) is 7.51. The Hall–Kier alpha value is -1.95. The third-order valence-electron chi connectivity index (χ3n) is 4.06. The number of carbonyl (C=O) groups is 2. The van der Waals surface area contributed by atoms with Gasteiger partial charge in [-0.15, -0.1) is 0 Å². The van der Waals surface area contributed by atoms with Gasteiger partial charge < -0.3 is 15.7 Å². The molecule has 5 nitrogen and oxygen atoms in total. The summed E-state index contributed by atoms with van der Waals surface area (Å²) in [5, 5.41) is 14.8. The number of benzene rings is 1. The Morgan fingerprint density at radius 1 is 1.32 bits per heavy atom. The summed E-state index contributed by atoms with van der Waals surface area (Å²) in [6.45, 7) is 1.71. The lowest BCUT2D eigenvalue weighted by molar-refractivity contribution is -0.136. The van der Waals surface area contributed by atoms with Crippen LogP contribution < -0.4 is 10.6 Å². The summed E-state index contributed by atoms with van der Waals surface area (Å²) in [6, 6.07) is 3.89. The van der Waals surface area contributed by atoms with Crippen LogP contribution in [0.4, 0.5) is 10.1 Å². The number of amides is 2. The minimum Gasteiger partial charge on any atom is -0.391 e. The normalized spacial score (nSPS) is 16.3. The minimum atomic E-state index is -0.826. The van der Waals surface area contributed by atoms with Gasteiger partial charge in [0.25, 0.3) is 0 Å². The molecule has 2 amide bonds. The van der Waals surface area contributed by atoms with Gasteiger partial charge in [0.05, 0.1) is 6.10 Å². The van der Waals surface area contributed by atoms with Crippen molar-refractivity contribution in [3.05, 3.63) is 29.6 Å². The van der Waals surface area contributed by atoms with Crippen molar-refractivity contribution >= 4 is 17.5 Å². The molecule has 0 saturated heterocycles. The lowest BCUT2D eigenvalue weighted by Gasteiger charge is -2.17. The lowest BCUT2D eigenvalue weighted by Crippen LogP contribution is -2.41. The van der Waals surface area contributed by atoms with E-state index >= 15 is 0 Å². The molecule has 1 aromatic rings. The molecule has 3 N–H and O–H groups in total. The van der Waals surface area contributed by atoms with Crippen molar-refractivity contribution in [2.75, 3.05) is 11.9 Å². The molecule has 0 aliphatic heterocycles. The molecule has 1 aliphatic rings. The molecule has 1 saturated carbocycles. The first kappa shape index (κ1) is 16.4. The van der Waals surface area contributed by atoms with Crippen LogP contribution in [0.3, 0.4) is 0 Å². The van der Waals surface area contributed by atoms with Crippen molar-refractivity contribution in [3.63, 3.8) is 0 Å². The Bertz CT molecular complexity index is 556. The van der Waals surface area contributed by atoms with Crippen molar-refractivity contribution in [2.24, 2.45) is 5.92 Å². The Morgan fingerprint density at radius 3 is 2.64 bits per heavy atom. The van der Waals surface area contributed by atoms with Crippen molar-refractivity contribution in [1.82, 2.24) is 5.32 Å². The van der Waals surface area contributed by atoms with E-state index in [0.717, 1.165) is 25.7 Å². The maximum absolute atomic E-state index is 13.0. The number of rotatable bonds is 4. The zero-order chi connectivity index (χ0) is 16.1. The highest BCUT2D eigenvalue weighted by Crippen LogP contribution is 2.27. The molecule has 1 aliphatic carbocycles. The Labute approximate surface area is 128 Å². The highest BCUT2D eigenvalue weighted by atomic mass is 19.1. The first-order chi connectivity index (χ1) is 10.5. The van der Waals surface area contributed by atoms with Crippen molar-refractivity contribution in [2.45, 2.75) is 38.7 Å². The maximum Gasteiger partial charge on any atom is 0.313 e. The number of aliphatic hydroxyl groups is 1. The van der Waals surface area contributed by atoms with E-state index in [4.69, 9.17) is 0 Å². The maximum atomic E-state index is 13.0. The molecule has 2 rings (SSSR count). The van der Waals surface area contributed by atoms with E-state index in [1.165, 1.54) is 18.2 Å². The number of nitrogens with one attached hydrogen (secondary N) is 2. The molecule has 1 fully saturated rings. The van der Waals surface area contributed by atoms with Gasteiger partial charge >= 0.3 is 11.8 Å². The minimum absolute atomic E-state index is 0.0688. The smallest absolute Gasteiger partial charge is 0.313 e. The number of hydrogen-bond donors (Lipinski definition) is 3. The molecular formula is C16H21FN2O3. The van der Waals surface area contributed by atoms with Gasteiger partial charge in [-0.3, -0.25) is 9.59 Å². The summed E-state index contributed by atoms with van der Waals surface area (Å²) in [5.74, 6) is -1.84. The van der Waals surface area contributed by atoms with E-state index in [2.05, 4.69) is 10.6 Å². The first-order valence-electron chi connectivity index (χ1n) is 7.51. The van der Waals surface area contributed by atoms with Crippen LogP contribution in [-0.4, -0.2) is 29.6 Å². The molecule has 120 valence electrons. The van der Waals surface area contributed by atoms with Gasteiger partial charge in [-0.05, 0) is 49.4 Å². The van der Waals surface area contributed by atoms with Crippen LogP contribution in [0.15, 0.2) is 18.2 Å². The molecule has 1 atom stereocenters. The average molecular weight is 308 g/mol. The molecule has 1 aromatic carbocycles. The predicted molar refractivity (Wildman–Crippen MR) is 80.7 cm³/mol. The fourth-order valence-corrected chi connectivity index (χ4v) is 2.73. The molecular weight excluding hydrogens is 287 g/mol. The van der Waals surface area contributed by atoms with Crippen LogP contribution in [-0.2, 0) is 9.59 Å². The van der Waals surface area contributed by atoms with Gasteiger partial charge in [-0.2, -0.15) is 0 Å². The number of anilines is 1. The van der Waals surface area contributed by atoms with Crippen LogP contribution in [0.25, 0.3) is 0 Å². The summed E-state index contributed by atoms with van der Waals surface area (Å²) in [7, 11) is 0. The van der Waals surface area contributed by atoms with E-state index < -0.39 is 23.7 Å². The van der Waals surface area contributed by atoms with Crippen molar-refractivity contribution < 1.29 is 19.1 Å². The van der Waals surface area contributed by atoms with E-state index in [-0.39, 0.29) is 12.5 Å². The summed E-state index contributed by atoms with van der Waals surface area (Å²) < 4.78 is 13.0. The topological polar surface area (TPSA) is 78.4 Å². The third kappa shape index (κ3) is 4.27. The molecule has 0 bridgehead atoms. The highest BCUT2D eigenvalue weighted by molar-refractivity contribution is 6.39.